The van der Waals surface area contributed by atoms with Gasteiger partial charge in [-0.1, -0.05) is 0 Å². The Morgan fingerprint density at radius 1 is 1.47 bits per heavy atom. The molecule has 2 rings (SSSR count). The number of aliphatic carboxylic acids is 1. The van der Waals surface area contributed by atoms with Crippen LogP contribution in [0.25, 0.3) is 0 Å². The lowest BCUT2D eigenvalue weighted by atomic mass is 10.1. The molecule has 0 amide bonds. The summed E-state index contributed by atoms with van der Waals surface area (Å²) in [4.78, 5) is 28.0. The first-order chi connectivity index (χ1) is 9.01. The van der Waals surface area contributed by atoms with Crippen LogP contribution >= 0.6 is 0 Å². The number of hydrogen-bond donors (Lipinski definition) is 1. The Bertz CT molecular complexity index is 448. The molecule has 1 aromatic heterocycles. The van der Waals surface area contributed by atoms with Gasteiger partial charge in [0.05, 0.1) is 19.6 Å². The summed E-state index contributed by atoms with van der Waals surface area (Å²) < 4.78 is 13.9. The Kier molecular flexibility index (Phi) is 3.58. The summed E-state index contributed by atoms with van der Waals surface area (Å²) in [6.07, 6.45) is -1.22. The van der Waals surface area contributed by atoms with Gasteiger partial charge in [-0.3, -0.25) is 9.80 Å². The van der Waals surface area contributed by atoms with E-state index in [1.54, 1.807) is 5.01 Å². The highest BCUT2D eigenvalue weighted by atomic mass is 17.0. The van der Waals surface area contributed by atoms with Crippen LogP contribution in [0, 0.1) is 5.92 Å². The van der Waals surface area contributed by atoms with Crippen molar-refractivity contribution in [3.63, 3.8) is 0 Å². The standard InChI is InChI=1S/C9H15N3O7/c1-6(17-9(15)16-2)18-12-11(19-12)10-4-3-7(5-10)8(13)14/h6-7H,3-5H2,1-2H3,(H,13,14). The van der Waals surface area contributed by atoms with E-state index >= 15 is 0 Å². The highest BCUT2D eigenvalue weighted by Crippen LogP contribution is 2.16. The molecule has 108 valence electrons. The zero-order valence-corrected chi connectivity index (χ0v) is 10.5. The van der Waals surface area contributed by atoms with Gasteiger partial charge in [-0.2, -0.15) is 4.63 Å². The molecule has 2 unspecified atom stereocenters. The van der Waals surface area contributed by atoms with Crippen LogP contribution < -0.4 is 9.85 Å². The van der Waals surface area contributed by atoms with E-state index < -0.39 is 24.3 Å². The predicted octanol–water partition coefficient (Wildman–Crippen LogP) is -0.517. The minimum atomic E-state index is -0.893. The summed E-state index contributed by atoms with van der Waals surface area (Å²) in [5.74, 6) is -1.26. The highest BCUT2D eigenvalue weighted by molar-refractivity contribution is 5.71. The molecule has 0 spiro atoms. The van der Waals surface area contributed by atoms with E-state index in [0.29, 0.717) is 19.5 Å². The third-order valence-corrected chi connectivity index (χ3v) is 2.68. The predicted molar refractivity (Wildman–Crippen MR) is 57.9 cm³/mol. The maximum Gasteiger partial charge on any atom is 0.511 e. The number of carboxylic acids is 1. The van der Waals surface area contributed by atoms with E-state index in [0.717, 1.165) is 5.02 Å². The number of methoxy groups -OCH3 is 1. The third kappa shape index (κ3) is 3.14. The number of hydrogen-bond acceptors (Lipinski definition) is 7. The molecule has 19 heavy (non-hydrogen) atoms. The molecule has 1 fully saturated rings. The lowest BCUT2D eigenvalue weighted by Gasteiger charge is -2.10. The molecule has 0 aliphatic carbocycles. The van der Waals surface area contributed by atoms with Crippen molar-refractivity contribution in [2.45, 2.75) is 19.6 Å². The minimum absolute atomic E-state index is 0.335. The van der Waals surface area contributed by atoms with Crippen LogP contribution in [-0.4, -0.2) is 53.7 Å². The van der Waals surface area contributed by atoms with E-state index in [1.165, 1.54) is 19.0 Å². The normalized spacial score (nSPS) is 20.3. The van der Waals surface area contributed by atoms with Gasteiger partial charge in [0, 0.05) is 18.4 Å². The molecule has 0 saturated carbocycles. The van der Waals surface area contributed by atoms with Gasteiger partial charge in [0.2, 0.25) is 0 Å². The van der Waals surface area contributed by atoms with Crippen molar-refractivity contribution in [1.82, 2.24) is 9.98 Å². The summed E-state index contributed by atoms with van der Waals surface area (Å²) in [5.41, 5.74) is 0. The number of ether oxygens (including phenoxy) is 2. The van der Waals surface area contributed by atoms with Gasteiger partial charge in [0.15, 0.2) is 0 Å². The Balaban J connectivity index is 1.78. The molecule has 1 N–H and O–H groups in total. The van der Waals surface area contributed by atoms with Gasteiger partial charge in [0.25, 0.3) is 6.29 Å². The number of aromatic nitrogens is 2. The first-order valence-electron chi connectivity index (χ1n) is 5.68. The molecular formula is C9H15N3O7. The molecule has 0 radical (unpaired) electrons. The number of carboxylic acid groups (broad SMARTS) is 1. The number of rotatable bonds is 5. The SMILES string of the molecule is COC(=O)OC(C)On1on1N1CCC(C(=O)O)C1. The molecule has 10 nitrogen and oxygen atoms in total. The number of carbonyl (C=O) groups excluding carboxylic acids is 1. The highest BCUT2D eigenvalue weighted by Gasteiger charge is 2.34. The molecular weight excluding hydrogens is 262 g/mol. The fourth-order valence-electron chi connectivity index (χ4n) is 1.69. The quantitative estimate of drug-likeness (QED) is 0.566. The van der Waals surface area contributed by atoms with Crippen LogP contribution in [-0.2, 0) is 14.3 Å². The average Bonchev–Trinajstić information content (AvgIpc) is 2.92. The number of carbonyl (C=O) groups is 2. The minimum Gasteiger partial charge on any atom is -0.481 e. The third-order valence-electron chi connectivity index (χ3n) is 2.68. The summed E-state index contributed by atoms with van der Waals surface area (Å²) in [7, 11) is 1.19. The van der Waals surface area contributed by atoms with E-state index in [9.17, 15) is 9.59 Å². The van der Waals surface area contributed by atoms with E-state index in [4.69, 9.17) is 14.6 Å². The summed E-state index contributed by atoms with van der Waals surface area (Å²) >= 11 is 0. The lowest BCUT2D eigenvalue weighted by molar-refractivity contribution is -0.141. The average molecular weight is 277 g/mol. The fraction of sp³-hybridized carbons (Fsp3) is 0.778. The smallest absolute Gasteiger partial charge is 0.481 e. The van der Waals surface area contributed by atoms with E-state index in [-0.39, 0.29) is 0 Å². The van der Waals surface area contributed by atoms with E-state index in [2.05, 4.69) is 9.47 Å². The maximum atomic E-state index is 10.8. The van der Waals surface area contributed by atoms with Crippen molar-refractivity contribution >= 4 is 12.1 Å². The van der Waals surface area contributed by atoms with Crippen molar-refractivity contribution in [3.05, 3.63) is 0 Å². The van der Waals surface area contributed by atoms with Gasteiger partial charge in [-0.05, 0) is 6.42 Å². The molecule has 1 aromatic rings. The number of nitrogens with zero attached hydrogens (tertiary/aromatic N) is 3. The van der Waals surface area contributed by atoms with Gasteiger partial charge in [0.1, 0.15) is 5.02 Å². The largest absolute Gasteiger partial charge is 0.511 e. The molecule has 10 heteroatoms. The summed E-state index contributed by atoms with van der Waals surface area (Å²) in [5, 5.41) is 11.5. The molecule has 0 aromatic carbocycles. The van der Waals surface area contributed by atoms with Crippen molar-refractivity contribution in [1.29, 1.82) is 0 Å². The molecule has 0 bridgehead atoms. The maximum absolute atomic E-state index is 10.8. The Labute approximate surface area is 107 Å². The Morgan fingerprint density at radius 2 is 2.21 bits per heavy atom. The van der Waals surface area contributed by atoms with Crippen molar-refractivity contribution in [3.8, 4) is 0 Å². The van der Waals surface area contributed by atoms with Crippen LogP contribution in [0.3, 0.4) is 0 Å². The van der Waals surface area contributed by atoms with Gasteiger partial charge >= 0.3 is 12.1 Å². The van der Waals surface area contributed by atoms with Crippen LogP contribution in [0.5, 0.6) is 0 Å². The first kappa shape index (κ1) is 13.2. The van der Waals surface area contributed by atoms with Gasteiger partial charge in [-0.15, -0.1) is 0 Å². The van der Waals surface area contributed by atoms with Gasteiger partial charge < -0.3 is 19.4 Å². The lowest BCUT2D eigenvalue weighted by Crippen LogP contribution is -2.33. The second kappa shape index (κ2) is 5.16. The first-order valence-corrected chi connectivity index (χ1v) is 5.68. The van der Waals surface area contributed by atoms with E-state index in [1.807, 2.05) is 0 Å². The van der Waals surface area contributed by atoms with Crippen LogP contribution in [0.1, 0.15) is 13.3 Å². The molecule has 1 aliphatic rings. The molecule has 1 aliphatic heterocycles. The zero-order chi connectivity index (χ0) is 14.0. The summed E-state index contributed by atoms with van der Waals surface area (Å²) in [6, 6.07) is 0. The molecule has 2 atom stereocenters. The van der Waals surface area contributed by atoms with Crippen molar-refractivity contribution in [2.75, 3.05) is 25.2 Å². The van der Waals surface area contributed by atoms with Crippen molar-refractivity contribution < 1.29 is 33.6 Å². The Morgan fingerprint density at radius 3 is 2.79 bits per heavy atom. The van der Waals surface area contributed by atoms with Gasteiger partial charge in [-0.25, -0.2) is 4.79 Å². The monoisotopic (exact) mass is 277 g/mol. The second-order valence-electron chi connectivity index (χ2n) is 4.05. The Hall–Kier alpha value is -2.26. The van der Waals surface area contributed by atoms with Crippen LogP contribution in [0.2, 0.25) is 0 Å². The van der Waals surface area contributed by atoms with Crippen LogP contribution in [0.4, 0.5) is 4.79 Å². The zero-order valence-electron chi connectivity index (χ0n) is 10.5. The molecule has 1 saturated heterocycles. The molecule has 2 heterocycles. The fourth-order valence-corrected chi connectivity index (χ4v) is 1.69. The van der Waals surface area contributed by atoms with Crippen molar-refractivity contribution in [2.24, 2.45) is 5.92 Å². The topological polar surface area (TPSA) is 108 Å². The summed E-state index contributed by atoms with van der Waals surface area (Å²) in [6.45, 7) is 2.37. The second-order valence-corrected chi connectivity index (χ2v) is 4.05. The van der Waals surface area contributed by atoms with Crippen LogP contribution in [0.15, 0.2) is 4.63 Å².